The summed E-state index contributed by atoms with van der Waals surface area (Å²) in [7, 11) is 0. The second-order valence-corrected chi connectivity index (χ2v) is 7.83. The third kappa shape index (κ3) is 4.90. The zero-order chi connectivity index (χ0) is 17.6. The fraction of sp³-hybridized carbons (Fsp3) is 0.211. The van der Waals surface area contributed by atoms with Crippen LogP contribution in [0.3, 0.4) is 0 Å². The number of esters is 1. The molecule has 0 bridgehead atoms. The lowest BCUT2D eigenvalue weighted by molar-refractivity contribution is -0.134. The van der Waals surface area contributed by atoms with Crippen molar-refractivity contribution in [3.8, 4) is 5.75 Å². The number of carbonyl (C=O) groups excluding carboxylic acids is 2. The van der Waals surface area contributed by atoms with Crippen LogP contribution in [0, 0.1) is 0 Å². The molecule has 0 atom stereocenters. The van der Waals surface area contributed by atoms with E-state index in [4.69, 9.17) is 4.74 Å². The van der Waals surface area contributed by atoms with E-state index < -0.39 is 0 Å². The first-order chi connectivity index (χ1) is 12.1. The second-order valence-electron chi connectivity index (χ2n) is 5.45. The molecule has 2 aromatic carbocycles. The maximum absolute atomic E-state index is 11.9. The van der Waals surface area contributed by atoms with Crippen molar-refractivity contribution in [3.05, 3.63) is 54.1 Å². The Morgan fingerprint density at radius 1 is 1.12 bits per heavy atom. The molecule has 0 unspecified atom stereocenters. The molecule has 0 aliphatic rings. The van der Waals surface area contributed by atoms with Crippen LogP contribution in [-0.2, 0) is 4.79 Å². The standard InChI is InChI=1S/C19H17NO3S2/c1-13(21)14-8-10-15(11-9-14)23-18(22)7-4-12-24-19-20-16-5-2-3-6-17(16)25-19/h2-3,5-6,8-11H,4,7,12H2,1H3. The largest absolute Gasteiger partial charge is 0.427 e. The summed E-state index contributed by atoms with van der Waals surface area (Å²) in [6.07, 6.45) is 1.08. The molecule has 25 heavy (non-hydrogen) atoms. The minimum Gasteiger partial charge on any atom is -0.427 e. The average molecular weight is 371 g/mol. The summed E-state index contributed by atoms with van der Waals surface area (Å²) < 4.78 is 7.48. The molecule has 0 spiro atoms. The summed E-state index contributed by atoms with van der Waals surface area (Å²) in [6.45, 7) is 1.50. The van der Waals surface area contributed by atoms with E-state index in [-0.39, 0.29) is 11.8 Å². The van der Waals surface area contributed by atoms with E-state index in [0.717, 1.165) is 22.0 Å². The first kappa shape index (κ1) is 17.6. The highest BCUT2D eigenvalue weighted by Crippen LogP contribution is 2.29. The Bertz CT molecular complexity index is 854. The van der Waals surface area contributed by atoms with Crippen molar-refractivity contribution in [1.29, 1.82) is 0 Å². The zero-order valence-electron chi connectivity index (χ0n) is 13.7. The number of rotatable bonds is 7. The molecule has 0 radical (unpaired) electrons. The number of nitrogens with zero attached hydrogens (tertiary/aromatic N) is 1. The van der Waals surface area contributed by atoms with Gasteiger partial charge in [0.05, 0.1) is 10.2 Å². The highest BCUT2D eigenvalue weighted by atomic mass is 32.2. The van der Waals surface area contributed by atoms with E-state index >= 15 is 0 Å². The minimum atomic E-state index is -0.263. The minimum absolute atomic E-state index is 0.00949. The lowest BCUT2D eigenvalue weighted by atomic mass is 10.1. The molecule has 128 valence electrons. The molecule has 0 amide bonds. The van der Waals surface area contributed by atoms with Crippen LogP contribution in [0.1, 0.15) is 30.1 Å². The number of hydrogen-bond acceptors (Lipinski definition) is 6. The average Bonchev–Trinajstić information content (AvgIpc) is 3.02. The van der Waals surface area contributed by atoms with Gasteiger partial charge < -0.3 is 4.74 Å². The Hall–Kier alpha value is -2.18. The number of thiazole rings is 1. The van der Waals surface area contributed by atoms with Crippen molar-refractivity contribution in [3.63, 3.8) is 0 Å². The highest BCUT2D eigenvalue weighted by Gasteiger charge is 2.08. The van der Waals surface area contributed by atoms with Gasteiger partial charge in [-0.05, 0) is 49.7 Å². The number of ketones is 1. The van der Waals surface area contributed by atoms with Crippen LogP contribution in [-0.4, -0.2) is 22.5 Å². The van der Waals surface area contributed by atoms with Crippen LogP contribution in [0.4, 0.5) is 0 Å². The van der Waals surface area contributed by atoms with Gasteiger partial charge in [-0.3, -0.25) is 9.59 Å². The lowest BCUT2D eigenvalue weighted by Crippen LogP contribution is -2.08. The predicted octanol–water partition coefficient (Wildman–Crippen LogP) is 4.98. The number of ether oxygens (including phenoxy) is 1. The molecular formula is C19H17NO3S2. The number of Topliss-reactive ketones (excluding diaryl/α,β-unsaturated/α-hetero) is 1. The van der Waals surface area contributed by atoms with E-state index in [1.54, 1.807) is 47.4 Å². The number of thioether (sulfide) groups is 1. The summed E-state index contributed by atoms with van der Waals surface area (Å²) in [5.41, 5.74) is 1.62. The molecule has 1 heterocycles. The van der Waals surface area contributed by atoms with Gasteiger partial charge >= 0.3 is 5.97 Å². The molecule has 0 N–H and O–H groups in total. The quantitative estimate of drug-likeness (QED) is 0.193. The molecule has 0 saturated carbocycles. The summed E-state index contributed by atoms with van der Waals surface area (Å²) >= 11 is 3.33. The fourth-order valence-electron chi connectivity index (χ4n) is 2.23. The monoisotopic (exact) mass is 371 g/mol. The van der Waals surface area contributed by atoms with Gasteiger partial charge in [0.2, 0.25) is 0 Å². The lowest BCUT2D eigenvalue weighted by Gasteiger charge is -2.04. The maximum atomic E-state index is 11.9. The van der Waals surface area contributed by atoms with Crippen LogP contribution in [0.2, 0.25) is 0 Å². The van der Waals surface area contributed by atoms with E-state index in [2.05, 4.69) is 11.1 Å². The van der Waals surface area contributed by atoms with E-state index in [9.17, 15) is 9.59 Å². The third-order valence-electron chi connectivity index (χ3n) is 3.52. The summed E-state index contributed by atoms with van der Waals surface area (Å²) in [4.78, 5) is 27.6. The third-order valence-corrected chi connectivity index (χ3v) is 5.78. The molecule has 6 heteroatoms. The molecule has 4 nitrogen and oxygen atoms in total. The smallest absolute Gasteiger partial charge is 0.311 e. The van der Waals surface area contributed by atoms with Crippen LogP contribution >= 0.6 is 23.1 Å². The first-order valence-corrected chi connectivity index (χ1v) is 9.72. The maximum Gasteiger partial charge on any atom is 0.311 e. The topological polar surface area (TPSA) is 56.3 Å². The Balaban J connectivity index is 1.42. The van der Waals surface area contributed by atoms with E-state index in [1.165, 1.54) is 11.6 Å². The number of benzene rings is 2. The van der Waals surface area contributed by atoms with Crippen LogP contribution in [0.15, 0.2) is 52.9 Å². The number of hydrogen-bond donors (Lipinski definition) is 0. The Morgan fingerprint density at radius 2 is 1.88 bits per heavy atom. The summed E-state index contributed by atoms with van der Waals surface area (Å²) in [5.74, 6) is 1.01. The first-order valence-electron chi connectivity index (χ1n) is 7.92. The van der Waals surface area contributed by atoms with Gasteiger partial charge in [-0.25, -0.2) is 4.98 Å². The van der Waals surface area contributed by atoms with Crippen molar-refractivity contribution in [2.75, 3.05) is 5.75 Å². The van der Waals surface area contributed by atoms with Crippen LogP contribution in [0.5, 0.6) is 5.75 Å². The van der Waals surface area contributed by atoms with E-state index in [0.29, 0.717) is 17.7 Å². The summed E-state index contributed by atoms with van der Waals surface area (Å²) in [6, 6.07) is 14.7. The molecule has 0 saturated heterocycles. The molecule has 3 aromatic rings. The molecule has 0 fully saturated rings. The van der Waals surface area contributed by atoms with Gasteiger partial charge in [0.15, 0.2) is 10.1 Å². The summed E-state index contributed by atoms with van der Waals surface area (Å²) in [5, 5.41) is 0. The van der Waals surface area contributed by atoms with Crippen LogP contribution < -0.4 is 4.74 Å². The highest BCUT2D eigenvalue weighted by molar-refractivity contribution is 8.01. The number of para-hydroxylation sites is 1. The van der Waals surface area contributed by atoms with Gasteiger partial charge in [-0.2, -0.15) is 0 Å². The Kier molecular flexibility index (Phi) is 5.83. The van der Waals surface area contributed by atoms with Gasteiger partial charge in [0, 0.05) is 17.7 Å². The Labute approximate surface area is 154 Å². The fourth-order valence-corrected chi connectivity index (χ4v) is 4.31. The number of aromatic nitrogens is 1. The van der Waals surface area contributed by atoms with Crippen LogP contribution in [0.25, 0.3) is 10.2 Å². The van der Waals surface area contributed by atoms with Gasteiger partial charge in [-0.1, -0.05) is 23.9 Å². The van der Waals surface area contributed by atoms with Crippen molar-refractivity contribution < 1.29 is 14.3 Å². The SMILES string of the molecule is CC(=O)c1ccc(OC(=O)CCCSc2nc3ccccc3s2)cc1. The normalized spacial score (nSPS) is 10.8. The van der Waals surface area contributed by atoms with E-state index in [1.807, 2.05) is 18.2 Å². The predicted molar refractivity (Wildman–Crippen MR) is 102 cm³/mol. The number of carbonyl (C=O) groups is 2. The van der Waals surface area contributed by atoms with Crippen molar-refractivity contribution >= 4 is 45.1 Å². The molecule has 0 aliphatic carbocycles. The molecular weight excluding hydrogens is 354 g/mol. The zero-order valence-corrected chi connectivity index (χ0v) is 15.4. The Morgan fingerprint density at radius 3 is 2.60 bits per heavy atom. The van der Waals surface area contributed by atoms with Gasteiger partial charge in [-0.15, -0.1) is 11.3 Å². The molecule has 0 aliphatic heterocycles. The second kappa shape index (κ2) is 8.27. The molecule has 3 rings (SSSR count). The van der Waals surface area contributed by atoms with Crippen molar-refractivity contribution in [2.45, 2.75) is 24.1 Å². The number of fused-ring (bicyclic) bond motifs is 1. The van der Waals surface area contributed by atoms with Gasteiger partial charge in [0.25, 0.3) is 0 Å². The van der Waals surface area contributed by atoms with Crippen molar-refractivity contribution in [1.82, 2.24) is 4.98 Å². The van der Waals surface area contributed by atoms with Crippen molar-refractivity contribution in [2.24, 2.45) is 0 Å². The molecule has 1 aromatic heterocycles. The van der Waals surface area contributed by atoms with Gasteiger partial charge in [0.1, 0.15) is 5.75 Å².